The minimum Gasteiger partial charge on any atom is -0.465 e. The topological polar surface area (TPSA) is 69.7 Å². The van der Waals surface area contributed by atoms with E-state index in [1.165, 1.54) is 38.2 Å². The molecule has 235 valence electrons. The van der Waals surface area contributed by atoms with Crippen molar-refractivity contribution in [2.75, 3.05) is 18.1 Å². The molecule has 0 spiro atoms. The van der Waals surface area contributed by atoms with Gasteiger partial charge in [0.05, 0.1) is 0 Å². The molecule has 5 aliphatic carbocycles. The van der Waals surface area contributed by atoms with Crippen LogP contribution in [0.3, 0.4) is 0 Å². The molecular formula is C36H55O5S. The molecule has 0 aromatic rings. The molecule has 0 unspecified atom stereocenters. The van der Waals surface area contributed by atoms with Crippen LogP contribution in [0.4, 0.5) is 0 Å². The van der Waals surface area contributed by atoms with Crippen molar-refractivity contribution in [2.24, 2.45) is 56.7 Å². The van der Waals surface area contributed by atoms with E-state index < -0.39 is 0 Å². The number of fused-ring (bicyclic) bond motifs is 7. The van der Waals surface area contributed by atoms with Gasteiger partial charge in [-0.15, -0.1) is 0 Å². The van der Waals surface area contributed by atoms with Crippen LogP contribution in [0.1, 0.15) is 113 Å². The Balaban J connectivity index is 1.39. The van der Waals surface area contributed by atoms with Gasteiger partial charge in [-0.05, 0) is 110 Å². The number of hydrogen-bond donors (Lipinski definition) is 0. The molecule has 1 radical (unpaired) electrons. The van der Waals surface area contributed by atoms with Crippen LogP contribution in [0.5, 0.6) is 0 Å². The van der Waals surface area contributed by atoms with Gasteiger partial charge in [0.15, 0.2) is 0 Å². The highest BCUT2D eigenvalue weighted by Crippen LogP contribution is 2.77. The molecule has 5 aliphatic rings. The summed E-state index contributed by atoms with van der Waals surface area (Å²) in [6, 6.07) is 0. The molecule has 6 heteroatoms. The second-order valence-electron chi connectivity index (χ2n) is 16.1. The van der Waals surface area contributed by atoms with E-state index in [9.17, 15) is 14.4 Å². The lowest BCUT2D eigenvalue weighted by atomic mass is 9.32. The molecule has 0 aromatic heterocycles. The van der Waals surface area contributed by atoms with E-state index in [1.807, 2.05) is 0 Å². The fraction of sp³-hybridized carbons (Fsp3) is 0.861. The van der Waals surface area contributed by atoms with Crippen LogP contribution in [-0.4, -0.2) is 42.4 Å². The monoisotopic (exact) mass is 599 g/mol. The lowest BCUT2D eigenvalue weighted by Gasteiger charge is -2.72. The number of ether oxygens (including phenoxy) is 2. The molecule has 0 aliphatic heterocycles. The average molecular weight is 600 g/mol. The van der Waals surface area contributed by atoms with Crippen LogP contribution in [0.15, 0.2) is 12.2 Å². The summed E-state index contributed by atoms with van der Waals surface area (Å²) in [4.78, 5) is 35.9. The highest BCUT2D eigenvalue weighted by molar-refractivity contribution is 7.99. The van der Waals surface area contributed by atoms with Crippen LogP contribution >= 0.6 is 11.8 Å². The fourth-order valence-corrected chi connectivity index (χ4v) is 13.0. The van der Waals surface area contributed by atoms with Gasteiger partial charge in [-0.25, -0.2) is 0 Å². The summed E-state index contributed by atoms with van der Waals surface area (Å²) in [5.74, 6) is 3.62. The first-order valence-corrected chi connectivity index (χ1v) is 17.8. The third-order valence-electron chi connectivity index (χ3n) is 14.2. The zero-order valence-corrected chi connectivity index (χ0v) is 28.1. The van der Waals surface area contributed by atoms with Crippen molar-refractivity contribution in [3.05, 3.63) is 12.2 Å². The van der Waals surface area contributed by atoms with Gasteiger partial charge in [0.25, 0.3) is 0 Å². The molecule has 0 bridgehead atoms. The summed E-state index contributed by atoms with van der Waals surface area (Å²) in [6.07, 6.45) is 13.6. The Morgan fingerprint density at radius 1 is 0.857 bits per heavy atom. The quantitative estimate of drug-likeness (QED) is 0.160. The number of esters is 2. The Bertz CT molecular complexity index is 1100. The van der Waals surface area contributed by atoms with Gasteiger partial charge in [0, 0.05) is 36.2 Å². The van der Waals surface area contributed by atoms with E-state index >= 15 is 0 Å². The van der Waals surface area contributed by atoms with E-state index in [4.69, 9.17) is 9.47 Å². The Hall–Kier alpha value is -1.30. The summed E-state index contributed by atoms with van der Waals surface area (Å²) < 4.78 is 11.0. The number of carbonyl (C=O) groups excluding carboxylic acids is 3. The summed E-state index contributed by atoms with van der Waals surface area (Å²) in [6.45, 7) is 20.6. The van der Waals surface area contributed by atoms with Crippen molar-refractivity contribution in [1.29, 1.82) is 0 Å². The Morgan fingerprint density at radius 3 is 2.26 bits per heavy atom. The first-order valence-electron chi connectivity index (χ1n) is 16.6. The highest BCUT2D eigenvalue weighted by Gasteiger charge is 2.71. The summed E-state index contributed by atoms with van der Waals surface area (Å²) in [5, 5.41) is 0. The Kier molecular flexibility index (Phi) is 8.60. The maximum Gasteiger partial charge on any atom is 0.302 e. The van der Waals surface area contributed by atoms with Gasteiger partial charge in [-0.2, -0.15) is 11.8 Å². The summed E-state index contributed by atoms with van der Waals surface area (Å²) in [7, 11) is 0. The van der Waals surface area contributed by atoms with Crippen molar-refractivity contribution in [1.82, 2.24) is 0 Å². The minimum atomic E-state index is -0.325. The normalized spacial score (nSPS) is 45.4. The third kappa shape index (κ3) is 4.83. The van der Waals surface area contributed by atoms with E-state index in [2.05, 4.69) is 47.5 Å². The predicted molar refractivity (Wildman–Crippen MR) is 169 cm³/mol. The molecule has 10 atom stereocenters. The van der Waals surface area contributed by atoms with Crippen molar-refractivity contribution >= 4 is 30.0 Å². The van der Waals surface area contributed by atoms with E-state index in [0.717, 1.165) is 50.0 Å². The molecule has 5 nitrogen and oxygen atoms in total. The summed E-state index contributed by atoms with van der Waals surface area (Å²) in [5.41, 5.74) is 1.53. The zero-order chi connectivity index (χ0) is 30.7. The lowest BCUT2D eigenvalue weighted by molar-refractivity contribution is -0.246. The van der Waals surface area contributed by atoms with Gasteiger partial charge >= 0.3 is 11.9 Å². The zero-order valence-electron chi connectivity index (χ0n) is 27.3. The first kappa shape index (κ1) is 32.1. The first-order chi connectivity index (χ1) is 19.7. The maximum absolute atomic E-state index is 12.8. The number of hydrogen-bond acceptors (Lipinski definition) is 6. The summed E-state index contributed by atoms with van der Waals surface area (Å²) >= 11 is 1.79. The third-order valence-corrected chi connectivity index (χ3v) is 15.3. The number of thioether (sulfide) groups is 1. The molecule has 5 saturated carbocycles. The van der Waals surface area contributed by atoms with Crippen LogP contribution in [-0.2, 0) is 23.9 Å². The second-order valence-corrected chi connectivity index (χ2v) is 17.2. The smallest absolute Gasteiger partial charge is 0.302 e. The molecule has 5 fully saturated rings. The minimum absolute atomic E-state index is 0.0000602. The van der Waals surface area contributed by atoms with Crippen molar-refractivity contribution in [2.45, 2.75) is 119 Å². The van der Waals surface area contributed by atoms with E-state index in [1.54, 1.807) is 18.7 Å². The SMILES string of the molecule is C=C(CSCCOC(C)=O)[C@@H]1CC[C@]2([C]=O)CC[C@]3(C)[C@H](CC[C@@H]4[C@@]5(C)CC[C@H](OC(C)=O)C(C)(C)[C@@H]5CC[C@]43C)[C@@H]12. The van der Waals surface area contributed by atoms with Gasteiger partial charge < -0.3 is 9.47 Å². The molecule has 0 heterocycles. The molecule has 0 aromatic carbocycles. The lowest BCUT2D eigenvalue weighted by Crippen LogP contribution is -2.66. The van der Waals surface area contributed by atoms with Gasteiger partial charge in [-0.3, -0.25) is 14.4 Å². The van der Waals surface area contributed by atoms with Crippen molar-refractivity contribution in [3.63, 3.8) is 0 Å². The fourth-order valence-electron chi connectivity index (χ4n) is 12.2. The largest absolute Gasteiger partial charge is 0.465 e. The van der Waals surface area contributed by atoms with E-state index in [0.29, 0.717) is 36.2 Å². The second kappa shape index (κ2) is 11.2. The van der Waals surface area contributed by atoms with Crippen LogP contribution < -0.4 is 0 Å². The van der Waals surface area contributed by atoms with E-state index in [-0.39, 0.29) is 45.1 Å². The molecule has 0 amide bonds. The molecule has 0 N–H and O–H groups in total. The van der Waals surface area contributed by atoms with Crippen LogP contribution in [0, 0.1) is 56.7 Å². The van der Waals surface area contributed by atoms with Crippen LogP contribution in [0.25, 0.3) is 0 Å². The van der Waals surface area contributed by atoms with Gasteiger partial charge in [0.2, 0.25) is 6.29 Å². The predicted octanol–water partition coefficient (Wildman–Crippen LogP) is 7.96. The number of rotatable bonds is 8. The highest BCUT2D eigenvalue weighted by atomic mass is 32.2. The van der Waals surface area contributed by atoms with Gasteiger partial charge in [-0.1, -0.05) is 46.8 Å². The maximum atomic E-state index is 12.8. The van der Waals surface area contributed by atoms with Crippen molar-refractivity contribution < 1.29 is 23.9 Å². The molecule has 5 rings (SSSR count). The number of carbonyl (C=O) groups is 2. The average Bonchev–Trinajstić information content (AvgIpc) is 3.30. The Labute approximate surface area is 259 Å². The molecule has 0 saturated heterocycles. The Morgan fingerprint density at radius 2 is 1.60 bits per heavy atom. The van der Waals surface area contributed by atoms with Crippen LogP contribution in [0.2, 0.25) is 0 Å². The molecular weight excluding hydrogens is 544 g/mol. The van der Waals surface area contributed by atoms with Crippen molar-refractivity contribution in [3.8, 4) is 0 Å². The van der Waals surface area contributed by atoms with Gasteiger partial charge in [0.1, 0.15) is 12.7 Å². The standard InChI is InChI=1S/C36H55O5S/c1-23(21-42-20-19-40-24(2)38)26-11-16-36(22-37)18-17-34(7)27(31(26)36)9-10-29-33(6)14-13-30(41-25(3)39)32(4,5)28(33)12-15-35(29,34)8/h26-31H,1,9-21H2,2-8H3/t26-,27+,28-,29+,30-,31+,33-,34+,35+,36+/m0/s1. The molecule has 42 heavy (non-hydrogen) atoms.